The van der Waals surface area contributed by atoms with Crippen LogP contribution in [0.15, 0.2) is 18.2 Å². The van der Waals surface area contributed by atoms with Gasteiger partial charge < -0.3 is 0 Å². The van der Waals surface area contributed by atoms with E-state index in [0.29, 0.717) is 17.6 Å². The smallest absolute Gasteiger partial charge is 0.195 e. The second-order valence-electron chi connectivity index (χ2n) is 4.34. The SMILES string of the molecule is Cc1ccc(N(SC(Cl)(Cl)Cl)S(=O)(=O)N(C)C)c(C)c1. The van der Waals surface area contributed by atoms with E-state index in [0.717, 1.165) is 19.1 Å². The highest BCUT2D eigenvalue weighted by molar-refractivity contribution is 8.16. The second kappa shape index (κ2) is 6.50. The molecule has 0 fully saturated rings. The number of rotatable bonds is 4. The van der Waals surface area contributed by atoms with Crippen LogP contribution in [0, 0.1) is 13.8 Å². The van der Waals surface area contributed by atoms with Gasteiger partial charge in [0.15, 0.2) is 0 Å². The van der Waals surface area contributed by atoms with Gasteiger partial charge in [-0.1, -0.05) is 52.5 Å². The summed E-state index contributed by atoms with van der Waals surface area (Å²) in [6.07, 6.45) is 0. The summed E-state index contributed by atoms with van der Waals surface area (Å²) >= 11 is 17.8. The van der Waals surface area contributed by atoms with E-state index in [1.807, 2.05) is 13.0 Å². The third-order valence-corrected chi connectivity index (χ3v) is 5.92. The lowest BCUT2D eigenvalue weighted by molar-refractivity contribution is 0.523. The van der Waals surface area contributed by atoms with E-state index in [-0.39, 0.29) is 0 Å². The minimum atomic E-state index is -3.78. The Bertz CT molecular complexity index is 586. The molecular weight excluding hydrogens is 363 g/mol. The van der Waals surface area contributed by atoms with Crippen LogP contribution in [0.2, 0.25) is 0 Å². The summed E-state index contributed by atoms with van der Waals surface area (Å²) in [5.74, 6) is 0. The zero-order valence-electron chi connectivity index (χ0n) is 11.4. The molecule has 1 aromatic rings. The standard InChI is InChI=1S/C11H15Cl3N2O2S2/c1-8-5-6-10(9(2)7-8)16(19-11(12,13)14)20(17,18)15(3)4/h5-7H,1-4H3. The fraction of sp³-hybridized carbons (Fsp3) is 0.455. The summed E-state index contributed by atoms with van der Waals surface area (Å²) in [4.78, 5) is 0. The summed E-state index contributed by atoms with van der Waals surface area (Å²) in [5.41, 5.74) is 2.25. The third kappa shape index (κ3) is 4.58. The highest BCUT2D eigenvalue weighted by atomic mass is 35.6. The summed E-state index contributed by atoms with van der Waals surface area (Å²) in [5, 5.41) is 0. The van der Waals surface area contributed by atoms with Crippen molar-refractivity contribution in [2.45, 2.75) is 17.0 Å². The number of hydrogen-bond donors (Lipinski definition) is 0. The van der Waals surface area contributed by atoms with Crippen molar-refractivity contribution in [1.82, 2.24) is 4.31 Å². The first-order valence-corrected chi connectivity index (χ1v) is 8.81. The van der Waals surface area contributed by atoms with Gasteiger partial charge in [0.05, 0.1) is 5.69 Å². The Kier molecular flexibility index (Phi) is 5.92. The maximum absolute atomic E-state index is 12.4. The average Bonchev–Trinajstić information content (AvgIpc) is 2.25. The molecule has 0 saturated heterocycles. The number of nitrogens with zero attached hydrogens (tertiary/aromatic N) is 2. The van der Waals surface area contributed by atoms with Crippen LogP contribution in [0.5, 0.6) is 0 Å². The fourth-order valence-corrected chi connectivity index (χ4v) is 4.82. The van der Waals surface area contributed by atoms with Gasteiger partial charge in [-0.2, -0.15) is 16.4 Å². The maximum Gasteiger partial charge on any atom is 0.313 e. The van der Waals surface area contributed by atoms with E-state index in [2.05, 4.69) is 0 Å². The monoisotopic (exact) mass is 376 g/mol. The molecule has 0 amide bonds. The van der Waals surface area contributed by atoms with Crippen molar-refractivity contribution in [1.29, 1.82) is 0 Å². The Balaban J connectivity index is 3.38. The number of benzene rings is 1. The molecular formula is C11H15Cl3N2O2S2. The highest BCUT2D eigenvalue weighted by Gasteiger charge is 2.35. The van der Waals surface area contributed by atoms with Crippen molar-refractivity contribution >= 4 is 62.6 Å². The molecule has 0 aliphatic carbocycles. The molecule has 20 heavy (non-hydrogen) atoms. The molecule has 1 aromatic carbocycles. The summed E-state index contributed by atoms with van der Waals surface area (Å²) < 4.78 is 25.1. The Morgan fingerprint density at radius 1 is 1.15 bits per heavy atom. The first kappa shape index (κ1) is 18.2. The Labute approximate surface area is 139 Å². The van der Waals surface area contributed by atoms with Crippen LogP contribution in [-0.4, -0.2) is 29.9 Å². The molecule has 0 unspecified atom stereocenters. The lowest BCUT2D eigenvalue weighted by Crippen LogP contribution is -2.37. The zero-order chi connectivity index (χ0) is 15.7. The Hall–Kier alpha value is 0.150. The first-order chi connectivity index (χ1) is 8.95. The number of aryl methyl sites for hydroxylation is 2. The van der Waals surface area contributed by atoms with Gasteiger partial charge in [0, 0.05) is 26.0 Å². The number of alkyl halides is 3. The summed E-state index contributed by atoms with van der Waals surface area (Å²) in [7, 11) is -0.941. The molecule has 0 radical (unpaired) electrons. The average molecular weight is 378 g/mol. The van der Waals surface area contributed by atoms with E-state index in [1.54, 1.807) is 19.1 Å². The van der Waals surface area contributed by atoms with Crippen LogP contribution >= 0.6 is 46.8 Å². The minimum Gasteiger partial charge on any atom is -0.195 e. The van der Waals surface area contributed by atoms with Crippen molar-refractivity contribution in [3.63, 3.8) is 0 Å². The summed E-state index contributed by atoms with van der Waals surface area (Å²) in [6.45, 7) is 3.73. The van der Waals surface area contributed by atoms with Gasteiger partial charge in [0.2, 0.25) is 0 Å². The predicted octanol–water partition coefficient (Wildman–Crippen LogP) is 3.89. The molecule has 9 heteroatoms. The Morgan fingerprint density at radius 2 is 1.70 bits per heavy atom. The molecule has 0 aromatic heterocycles. The molecule has 0 N–H and O–H groups in total. The topological polar surface area (TPSA) is 40.6 Å². The quantitative estimate of drug-likeness (QED) is 0.590. The molecule has 0 aliphatic rings. The number of anilines is 1. The van der Waals surface area contributed by atoms with Crippen molar-refractivity contribution in [3.8, 4) is 0 Å². The lowest BCUT2D eigenvalue weighted by Gasteiger charge is -2.29. The van der Waals surface area contributed by atoms with Crippen molar-refractivity contribution < 1.29 is 8.42 Å². The first-order valence-electron chi connectivity index (χ1n) is 5.51. The molecule has 0 saturated carbocycles. The van der Waals surface area contributed by atoms with Crippen LogP contribution in [0.4, 0.5) is 5.69 Å². The fourth-order valence-electron chi connectivity index (χ4n) is 1.47. The van der Waals surface area contributed by atoms with Gasteiger partial charge in [0.1, 0.15) is 0 Å². The van der Waals surface area contributed by atoms with E-state index in [9.17, 15) is 8.42 Å². The minimum absolute atomic E-state index is 0.459. The normalized spacial score (nSPS) is 12.8. The largest absolute Gasteiger partial charge is 0.313 e. The molecule has 0 atom stereocenters. The molecule has 114 valence electrons. The highest BCUT2D eigenvalue weighted by Crippen LogP contribution is 2.45. The predicted molar refractivity (Wildman–Crippen MR) is 88.9 cm³/mol. The summed E-state index contributed by atoms with van der Waals surface area (Å²) in [6, 6.07) is 5.36. The number of hydrogen-bond acceptors (Lipinski definition) is 3. The molecule has 0 heterocycles. The zero-order valence-corrected chi connectivity index (χ0v) is 15.3. The van der Waals surface area contributed by atoms with Crippen LogP contribution in [-0.2, 0) is 10.2 Å². The van der Waals surface area contributed by atoms with Crippen molar-refractivity contribution in [3.05, 3.63) is 29.3 Å². The van der Waals surface area contributed by atoms with E-state index < -0.39 is 13.3 Å². The van der Waals surface area contributed by atoms with Crippen LogP contribution in [0.1, 0.15) is 11.1 Å². The van der Waals surface area contributed by atoms with Crippen LogP contribution in [0.3, 0.4) is 0 Å². The van der Waals surface area contributed by atoms with Gasteiger partial charge in [-0.15, -0.1) is 0 Å². The van der Waals surface area contributed by atoms with Gasteiger partial charge in [-0.25, -0.2) is 0 Å². The van der Waals surface area contributed by atoms with Gasteiger partial charge in [0.25, 0.3) is 3.12 Å². The Morgan fingerprint density at radius 3 is 2.10 bits per heavy atom. The van der Waals surface area contributed by atoms with E-state index >= 15 is 0 Å². The van der Waals surface area contributed by atoms with Gasteiger partial charge in [-0.3, -0.25) is 0 Å². The van der Waals surface area contributed by atoms with Crippen LogP contribution < -0.4 is 3.71 Å². The van der Waals surface area contributed by atoms with E-state index in [1.165, 1.54) is 14.1 Å². The van der Waals surface area contributed by atoms with Gasteiger partial charge in [-0.05, 0) is 25.5 Å². The maximum atomic E-state index is 12.4. The molecule has 0 bridgehead atoms. The third-order valence-electron chi connectivity index (χ3n) is 2.41. The molecule has 4 nitrogen and oxygen atoms in total. The molecule has 0 spiro atoms. The van der Waals surface area contributed by atoms with Gasteiger partial charge >= 0.3 is 10.2 Å². The number of halogens is 3. The van der Waals surface area contributed by atoms with E-state index in [4.69, 9.17) is 34.8 Å². The molecule has 1 rings (SSSR count). The lowest BCUT2D eigenvalue weighted by atomic mass is 10.1. The van der Waals surface area contributed by atoms with Crippen molar-refractivity contribution in [2.24, 2.45) is 0 Å². The van der Waals surface area contributed by atoms with Crippen LogP contribution in [0.25, 0.3) is 0 Å². The second-order valence-corrected chi connectivity index (χ2v) is 10.7. The molecule has 0 aliphatic heterocycles. The van der Waals surface area contributed by atoms with Crippen molar-refractivity contribution in [2.75, 3.05) is 17.8 Å².